The Bertz CT molecular complexity index is 647. The van der Waals surface area contributed by atoms with Crippen molar-refractivity contribution in [3.05, 3.63) is 59.2 Å². The first-order valence-electron chi connectivity index (χ1n) is 6.76. The van der Waals surface area contributed by atoms with E-state index in [-0.39, 0.29) is 0 Å². The second kappa shape index (κ2) is 7.32. The van der Waals surface area contributed by atoms with Crippen LogP contribution in [-0.4, -0.2) is 13.7 Å². The molecule has 0 saturated carbocycles. The zero-order valence-corrected chi connectivity index (χ0v) is 12.0. The summed E-state index contributed by atoms with van der Waals surface area (Å²) in [5, 5.41) is 8.92. The summed E-state index contributed by atoms with van der Waals surface area (Å²) in [4.78, 5) is 0. The van der Waals surface area contributed by atoms with E-state index in [2.05, 4.69) is 6.07 Å². The summed E-state index contributed by atoms with van der Waals surface area (Å²) in [6.45, 7) is 0.931. The predicted octanol–water partition coefficient (Wildman–Crippen LogP) is 2.65. The van der Waals surface area contributed by atoms with Crippen molar-refractivity contribution in [1.82, 2.24) is 0 Å². The van der Waals surface area contributed by atoms with Gasteiger partial charge in [0.15, 0.2) is 11.5 Å². The maximum Gasteiger partial charge on any atom is 0.164 e. The Morgan fingerprint density at radius 3 is 2.71 bits per heavy atom. The van der Waals surface area contributed by atoms with E-state index in [4.69, 9.17) is 20.5 Å². The van der Waals surface area contributed by atoms with E-state index in [1.165, 1.54) is 0 Å². The number of methoxy groups -OCH3 is 1. The van der Waals surface area contributed by atoms with Gasteiger partial charge in [0, 0.05) is 0 Å². The third-order valence-electron chi connectivity index (χ3n) is 3.13. The van der Waals surface area contributed by atoms with Crippen LogP contribution in [0.5, 0.6) is 11.5 Å². The van der Waals surface area contributed by atoms with E-state index in [0.717, 1.165) is 17.5 Å². The molecule has 4 heteroatoms. The van der Waals surface area contributed by atoms with Gasteiger partial charge >= 0.3 is 0 Å². The van der Waals surface area contributed by atoms with Crippen molar-refractivity contribution in [3.63, 3.8) is 0 Å². The Balaban J connectivity index is 2.20. The van der Waals surface area contributed by atoms with Crippen molar-refractivity contribution >= 4 is 0 Å². The molecule has 0 aromatic heterocycles. The van der Waals surface area contributed by atoms with Crippen LogP contribution in [0.2, 0.25) is 0 Å². The molecule has 0 spiro atoms. The molecule has 0 amide bonds. The van der Waals surface area contributed by atoms with Gasteiger partial charge in [0.2, 0.25) is 0 Å². The lowest BCUT2D eigenvalue weighted by Gasteiger charge is -2.15. The van der Waals surface area contributed by atoms with Crippen molar-refractivity contribution < 1.29 is 9.47 Å². The minimum absolute atomic E-state index is 0.382. The maximum atomic E-state index is 8.92. The Hall–Kier alpha value is -2.51. The molecule has 0 aliphatic rings. The van der Waals surface area contributed by atoms with Gasteiger partial charge in [-0.05, 0) is 42.3 Å². The lowest BCUT2D eigenvalue weighted by Crippen LogP contribution is -2.06. The fourth-order valence-corrected chi connectivity index (χ4v) is 2.12. The number of benzene rings is 2. The number of hydrogen-bond donors (Lipinski definition) is 1. The first-order chi connectivity index (χ1) is 10.3. The van der Waals surface area contributed by atoms with Crippen molar-refractivity contribution in [2.45, 2.75) is 13.0 Å². The van der Waals surface area contributed by atoms with Crippen LogP contribution in [0, 0.1) is 11.3 Å². The van der Waals surface area contributed by atoms with Crippen LogP contribution >= 0.6 is 0 Å². The zero-order valence-electron chi connectivity index (χ0n) is 12.0. The summed E-state index contributed by atoms with van der Waals surface area (Å²) >= 11 is 0. The summed E-state index contributed by atoms with van der Waals surface area (Å²) < 4.78 is 11.3. The summed E-state index contributed by atoms with van der Waals surface area (Å²) in [5.74, 6) is 1.41. The fraction of sp³-hybridized carbons (Fsp3) is 0.235. The number of ether oxygens (including phenoxy) is 2. The van der Waals surface area contributed by atoms with Crippen molar-refractivity contribution in [2.24, 2.45) is 5.73 Å². The topological polar surface area (TPSA) is 68.3 Å². The van der Waals surface area contributed by atoms with Crippen LogP contribution in [0.15, 0.2) is 42.5 Å². The minimum Gasteiger partial charge on any atom is -0.493 e. The first kappa shape index (κ1) is 14.9. The molecule has 0 atom stereocenters. The Kier molecular flexibility index (Phi) is 5.19. The molecule has 0 heterocycles. The molecule has 0 bridgehead atoms. The quantitative estimate of drug-likeness (QED) is 0.884. The Morgan fingerprint density at radius 2 is 2.00 bits per heavy atom. The summed E-state index contributed by atoms with van der Waals surface area (Å²) in [7, 11) is 1.62. The van der Waals surface area contributed by atoms with Gasteiger partial charge in [-0.3, -0.25) is 0 Å². The zero-order chi connectivity index (χ0) is 15.1. The van der Waals surface area contributed by atoms with Crippen LogP contribution in [0.4, 0.5) is 0 Å². The number of hydrogen-bond acceptors (Lipinski definition) is 4. The monoisotopic (exact) mass is 282 g/mol. The standard InChI is InChI=1S/C17H18N2O2/c1-20-16-7-3-6-15(8-9-18)17(16)21-12-14-5-2-4-13(10-14)11-19/h2-7,10H,8-9,12,18H2,1H3. The predicted molar refractivity (Wildman–Crippen MR) is 81.2 cm³/mol. The molecule has 0 unspecified atom stereocenters. The summed E-state index contributed by atoms with van der Waals surface area (Å²) in [5.41, 5.74) is 8.22. The van der Waals surface area contributed by atoms with Gasteiger partial charge in [0.25, 0.3) is 0 Å². The normalized spacial score (nSPS) is 9.95. The molecular weight excluding hydrogens is 264 g/mol. The highest BCUT2D eigenvalue weighted by Gasteiger charge is 2.10. The van der Waals surface area contributed by atoms with E-state index < -0.39 is 0 Å². The molecule has 0 saturated heterocycles. The highest BCUT2D eigenvalue weighted by Crippen LogP contribution is 2.32. The summed E-state index contributed by atoms with van der Waals surface area (Å²) in [6, 6.07) is 15.3. The van der Waals surface area contributed by atoms with Crippen molar-refractivity contribution in [1.29, 1.82) is 5.26 Å². The van der Waals surface area contributed by atoms with Gasteiger partial charge in [-0.15, -0.1) is 0 Å². The highest BCUT2D eigenvalue weighted by molar-refractivity contribution is 5.47. The van der Waals surface area contributed by atoms with E-state index in [0.29, 0.717) is 30.2 Å². The average Bonchev–Trinajstić information content (AvgIpc) is 2.54. The highest BCUT2D eigenvalue weighted by atomic mass is 16.5. The van der Waals surface area contributed by atoms with E-state index in [1.807, 2.05) is 36.4 Å². The van der Waals surface area contributed by atoms with Gasteiger partial charge in [0.1, 0.15) is 6.61 Å². The molecule has 0 radical (unpaired) electrons. The molecule has 4 nitrogen and oxygen atoms in total. The second-order valence-electron chi connectivity index (χ2n) is 4.59. The molecule has 0 aliphatic heterocycles. The van der Waals surface area contributed by atoms with E-state index in [9.17, 15) is 0 Å². The lowest BCUT2D eigenvalue weighted by atomic mass is 10.1. The SMILES string of the molecule is COc1cccc(CCN)c1OCc1cccc(C#N)c1. The third-order valence-corrected chi connectivity index (χ3v) is 3.13. The van der Waals surface area contributed by atoms with Crippen LogP contribution < -0.4 is 15.2 Å². The Labute approximate surface area is 124 Å². The number of nitriles is 1. The minimum atomic E-state index is 0.382. The molecule has 0 aliphatic carbocycles. The number of nitrogens with two attached hydrogens (primary N) is 1. The van der Waals surface area contributed by atoms with Gasteiger partial charge in [0.05, 0.1) is 18.7 Å². The molecule has 2 N–H and O–H groups in total. The summed E-state index contributed by atoms with van der Waals surface area (Å²) in [6.07, 6.45) is 0.727. The van der Waals surface area contributed by atoms with Gasteiger partial charge in [-0.1, -0.05) is 24.3 Å². The molecule has 21 heavy (non-hydrogen) atoms. The molecule has 108 valence electrons. The Morgan fingerprint density at radius 1 is 1.19 bits per heavy atom. The van der Waals surface area contributed by atoms with Crippen LogP contribution in [0.25, 0.3) is 0 Å². The number of para-hydroxylation sites is 1. The molecular formula is C17H18N2O2. The second-order valence-corrected chi connectivity index (χ2v) is 4.59. The largest absolute Gasteiger partial charge is 0.493 e. The molecule has 2 rings (SSSR count). The fourth-order valence-electron chi connectivity index (χ4n) is 2.12. The van der Waals surface area contributed by atoms with Gasteiger partial charge < -0.3 is 15.2 Å². The average molecular weight is 282 g/mol. The van der Waals surface area contributed by atoms with E-state index in [1.54, 1.807) is 13.2 Å². The van der Waals surface area contributed by atoms with Crippen LogP contribution in [-0.2, 0) is 13.0 Å². The maximum absolute atomic E-state index is 8.92. The first-order valence-corrected chi connectivity index (χ1v) is 6.76. The van der Waals surface area contributed by atoms with Crippen LogP contribution in [0.3, 0.4) is 0 Å². The van der Waals surface area contributed by atoms with Gasteiger partial charge in [-0.2, -0.15) is 5.26 Å². The van der Waals surface area contributed by atoms with Gasteiger partial charge in [-0.25, -0.2) is 0 Å². The van der Waals surface area contributed by atoms with E-state index >= 15 is 0 Å². The number of rotatable bonds is 6. The molecule has 2 aromatic rings. The van der Waals surface area contributed by atoms with Crippen LogP contribution in [0.1, 0.15) is 16.7 Å². The smallest absolute Gasteiger partial charge is 0.164 e. The van der Waals surface area contributed by atoms with Crippen molar-refractivity contribution in [2.75, 3.05) is 13.7 Å². The number of nitrogens with zero attached hydrogens (tertiary/aromatic N) is 1. The van der Waals surface area contributed by atoms with Crippen molar-refractivity contribution in [3.8, 4) is 17.6 Å². The molecule has 2 aromatic carbocycles. The lowest BCUT2D eigenvalue weighted by molar-refractivity contribution is 0.281. The molecule has 0 fully saturated rings. The third kappa shape index (κ3) is 3.74.